The van der Waals surface area contributed by atoms with E-state index in [1.165, 1.54) is 0 Å². The predicted molar refractivity (Wildman–Crippen MR) is 92.1 cm³/mol. The van der Waals surface area contributed by atoms with E-state index >= 15 is 0 Å². The normalized spacial score (nSPS) is 11.2. The third kappa shape index (κ3) is 5.79. The number of ether oxygens (including phenoxy) is 1. The number of hydrogen-bond acceptors (Lipinski definition) is 5. The highest BCUT2D eigenvalue weighted by Crippen LogP contribution is 2.24. The van der Waals surface area contributed by atoms with Gasteiger partial charge in [-0.2, -0.15) is 0 Å². The molecule has 0 aliphatic heterocycles. The van der Waals surface area contributed by atoms with Gasteiger partial charge >= 0.3 is 12.1 Å². The largest absolute Gasteiger partial charge is 0.450 e. The third-order valence-electron chi connectivity index (χ3n) is 3.19. The fourth-order valence-electron chi connectivity index (χ4n) is 1.93. The summed E-state index contributed by atoms with van der Waals surface area (Å²) in [6, 6.07) is 4.08. The van der Waals surface area contributed by atoms with E-state index in [2.05, 4.69) is 21.3 Å². The summed E-state index contributed by atoms with van der Waals surface area (Å²) in [6.07, 6.45) is -0.542. The van der Waals surface area contributed by atoms with Gasteiger partial charge in [0.05, 0.1) is 6.61 Å². The van der Waals surface area contributed by atoms with Crippen LogP contribution in [0.2, 0.25) is 0 Å². The summed E-state index contributed by atoms with van der Waals surface area (Å²) in [4.78, 5) is 34.9. The van der Waals surface area contributed by atoms with Crippen LogP contribution in [0, 0.1) is 6.92 Å². The standard InChI is InChI=1S/C16H24N4O4/c1-5-17-15(22)20-14(21)11(4)18-12-8-7-9-13(10(12)3)19-16(23)24-6-2/h7-9,11,18H,5-6H2,1-4H3,(H,19,23)(H2,17,20,21,22). The molecule has 1 atom stereocenters. The summed E-state index contributed by atoms with van der Waals surface area (Å²) in [6.45, 7) is 7.63. The Morgan fingerprint density at radius 1 is 1.17 bits per heavy atom. The SMILES string of the molecule is CCNC(=O)NC(=O)C(C)Nc1cccc(NC(=O)OCC)c1C. The summed E-state index contributed by atoms with van der Waals surface area (Å²) in [5.74, 6) is -0.455. The lowest BCUT2D eigenvalue weighted by molar-refractivity contribution is -0.120. The van der Waals surface area contributed by atoms with Gasteiger partial charge in [-0.15, -0.1) is 0 Å². The quantitative estimate of drug-likeness (QED) is 0.637. The van der Waals surface area contributed by atoms with Crippen molar-refractivity contribution in [3.63, 3.8) is 0 Å². The van der Waals surface area contributed by atoms with Gasteiger partial charge < -0.3 is 15.4 Å². The van der Waals surface area contributed by atoms with Crippen LogP contribution in [0.3, 0.4) is 0 Å². The summed E-state index contributed by atoms with van der Waals surface area (Å²) < 4.78 is 4.85. The molecule has 0 aliphatic carbocycles. The minimum absolute atomic E-state index is 0.278. The third-order valence-corrected chi connectivity index (χ3v) is 3.19. The molecule has 0 aliphatic rings. The van der Waals surface area contributed by atoms with Crippen LogP contribution in [0.4, 0.5) is 21.0 Å². The molecule has 0 aromatic heterocycles. The number of benzene rings is 1. The number of urea groups is 1. The Hall–Kier alpha value is -2.77. The first-order valence-electron chi connectivity index (χ1n) is 7.77. The van der Waals surface area contributed by atoms with Gasteiger partial charge in [0.25, 0.3) is 0 Å². The van der Waals surface area contributed by atoms with Gasteiger partial charge in [-0.1, -0.05) is 6.07 Å². The molecule has 0 fully saturated rings. The maximum Gasteiger partial charge on any atom is 0.411 e. The van der Waals surface area contributed by atoms with Crippen LogP contribution < -0.4 is 21.3 Å². The average molecular weight is 336 g/mol. The van der Waals surface area contributed by atoms with Crippen molar-refractivity contribution in [3.8, 4) is 0 Å². The van der Waals surface area contributed by atoms with E-state index in [1.807, 2.05) is 0 Å². The van der Waals surface area contributed by atoms with Gasteiger partial charge in [0.2, 0.25) is 5.91 Å². The van der Waals surface area contributed by atoms with Crippen molar-refractivity contribution in [2.75, 3.05) is 23.8 Å². The van der Waals surface area contributed by atoms with Gasteiger partial charge in [-0.05, 0) is 45.4 Å². The Labute approximate surface area is 141 Å². The zero-order valence-corrected chi connectivity index (χ0v) is 14.4. The number of imide groups is 1. The molecule has 24 heavy (non-hydrogen) atoms. The first kappa shape index (κ1) is 19.3. The minimum atomic E-state index is -0.635. The van der Waals surface area contributed by atoms with Crippen LogP contribution in [0.5, 0.6) is 0 Å². The van der Waals surface area contributed by atoms with Crippen LogP contribution in [0.1, 0.15) is 26.3 Å². The molecule has 1 rings (SSSR count). The number of carbonyl (C=O) groups is 3. The van der Waals surface area contributed by atoms with Crippen molar-refractivity contribution in [2.45, 2.75) is 33.7 Å². The van der Waals surface area contributed by atoms with Gasteiger partial charge in [-0.25, -0.2) is 9.59 Å². The second kappa shape index (κ2) is 9.39. The Morgan fingerprint density at radius 3 is 2.46 bits per heavy atom. The van der Waals surface area contributed by atoms with Crippen molar-refractivity contribution >= 4 is 29.4 Å². The van der Waals surface area contributed by atoms with Gasteiger partial charge in [0, 0.05) is 17.9 Å². The molecule has 0 saturated heterocycles. The number of nitrogens with one attached hydrogen (secondary N) is 4. The molecule has 4 N–H and O–H groups in total. The van der Waals surface area contributed by atoms with Crippen LogP contribution in [0.25, 0.3) is 0 Å². The van der Waals surface area contributed by atoms with Crippen molar-refractivity contribution < 1.29 is 19.1 Å². The smallest absolute Gasteiger partial charge is 0.411 e. The molecular weight excluding hydrogens is 312 g/mol. The Bertz CT molecular complexity index is 604. The van der Waals surface area contributed by atoms with Crippen molar-refractivity contribution in [3.05, 3.63) is 23.8 Å². The molecule has 1 unspecified atom stereocenters. The average Bonchev–Trinajstić information content (AvgIpc) is 2.51. The molecule has 8 nitrogen and oxygen atoms in total. The first-order chi connectivity index (χ1) is 11.4. The second-order valence-electron chi connectivity index (χ2n) is 5.04. The summed E-state index contributed by atoms with van der Waals surface area (Å²) >= 11 is 0. The van der Waals surface area contributed by atoms with Gasteiger partial charge in [0.15, 0.2) is 0 Å². The Balaban J connectivity index is 2.75. The minimum Gasteiger partial charge on any atom is -0.450 e. The Morgan fingerprint density at radius 2 is 1.83 bits per heavy atom. The number of hydrogen-bond donors (Lipinski definition) is 4. The molecule has 1 aromatic carbocycles. The molecule has 1 aromatic rings. The summed E-state index contributed by atoms with van der Waals surface area (Å²) in [5, 5.41) is 10.4. The summed E-state index contributed by atoms with van der Waals surface area (Å²) in [5.41, 5.74) is 2.00. The van der Waals surface area contributed by atoms with Gasteiger partial charge in [0.1, 0.15) is 6.04 Å². The molecular formula is C16H24N4O4. The molecule has 0 bridgehead atoms. The molecule has 4 amide bonds. The molecule has 0 heterocycles. The molecule has 132 valence electrons. The van der Waals surface area contributed by atoms with Crippen LogP contribution in [-0.2, 0) is 9.53 Å². The van der Waals surface area contributed by atoms with E-state index in [1.54, 1.807) is 45.9 Å². The maximum atomic E-state index is 12.0. The van der Waals surface area contributed by atoms with Crippen molar-refractivity contribution in [2.24, 2.45) is 0 Å². The molecule has 0 saturated carbocycles. The van der Waals surface area contributed by atoms with E-state index in [4.69, 9.17) is 4.74 Å². The number of rotatable bonds is 6. The highest BCUT2D eigenvalue weighted by atomic mass is 16.5. The lowest BCUT2D eigenvalue weighted by Crippen LogP contribution is -2.45. The van der Waals surface area contributed by atoms with E-state index in [-0.39, 0.29) is 6.61 Å². The fourth-order valence-corrected chi connectivity index (χ4v) is 1.93. The monoisotopic (exact) mass is 336 g/mol. The molecule has 0 spiro atoms. The Kier molecular flexibility index (Phi) is 7.54. The van der Waals surface area contributed by atoms with Gasteiger partial charge in [-0.3, -0.25) is 15.4 Å². The highest BCUT2D eigenvalue weighted by Gasteiger charge is 2.17. The number of carbonyl (C=O) groups excluding carboxylic acids is 3. The second-order valence-corrected chi connectivity index (χ2v) is 5.04. The van der Waals surface area contributed by atoms with E-state index in [0.29, 0.717) is 17.9 Å². The lowest BCUT2D eigenvalue weighted by atomic mass is 10.1. The van der Waals surface area contributed by atoms with E-state index in [0.717, 1.165) is 5.56 Å². The number of amides is 4. The van der Waals surface area contributed by atoms with Crippen LogP contribution >= 0.6 is 0 Å². The number of anilines is 2. The van der Waals surface area contributed by atoms with Crippen LogP contribution in [0.15, 0.2) is 18.2 Å². The first-order valence-corrected chi connectivity index (χ1v) is 7.77. The highest BCUT2D eigenvalue weighted by molar-refractivity contribution is 5.98. The maximum absolute atomic E-state index is 12.0. The zero-order valence-electron chi connectivity index (χ0n) is 14.4. The zero-order chi connectivity index (χ0) is 18.1. The predicted octanol–water partition coefficient (Wildman–Crippen LogP) is 2.21. The molecule has 8 heteroatoms. The van der Waals surface area contributed by atoms with E-state index < -0.39 is 24.1 Å². The van der Waals surface area contributed by atoms with Crippen molar-refractivity contribution in [1.82, 2.24) is 10.6 Å². The van der Waals surface area contributed by atoms with Crippen LogP contribution in [-0.4, -0.2) is 37.2 Å². The molecule has 0 radical (unpaired) electrons. The topological polar surface area (TPSA) is 109 Å². The summed E-state index contributed by atoms with van der Waals surface area (Å²) in [7, 11) is 0. The lowest BCUT2D eigenvalue weighted by Gasteiger charge is -2.18. The van der Waals surface area contributed by atoms with Crippen molar-refractivity contribution in [1.29, 1.82) is 0 Å². The fraction of sp³-hybridized carbons (Fsp3) is 0.438. The van der Waals surface area contributed by atoms with E-state index in [9.17, 15) is 14.4 Å².